The van der Waals surface area contributed by atoms with E-state index in [1.54, 1.807) is 0 Å². The van der Waals surface area contributed by atoms with Crippen molar-refractivity contribution in [1.29, 1.82) is 0 Å². The van der Waals surface area contributed by atoms with Crippen LogP contribution in [0.5, 0.6) is 5.75 Å². The summed E-state index contributed by atoms with van der Waals surface area (Å²) in [6.45, 7) is 20.1. The summed E-state index contributed by atoms with van der Waals surface area (Å²) in [7, 11) is 0. The lowest BCUT2D eigenvalue weighted by molar-refractivity contribution is 0.475. The number of aromatic hydroxyl groups is 1. The maximum absolute atomic E-state index is 11.7. The van der Waals surface area contributed by atoms with Crippen LogP contribution in [0.15, 0.2) is 152 Å². The molecule has 4 heteroatoms. The molecule has 0 atom stereocenters. The van der Waals surface area contributed by atoms with Gasteiger partial charge in [0.05, 0.1) is 28.0 Å². The first-order valence-corrected chi connectivity index (χ1v) is 20.3. The van der Waals surface area contributed by atoms with Crippen molar-refractivity contribution in [2.24, 2.45) is 0 Å². The second kappa shape index (κ2) is 14.6. The number of imidazole rings is 1. The van der Waals surface area contributed by atoms with Gasteiger partial charge in [-0.25, -0.2) is 4.98 Å². The molecule has 6 aromatic carbocycles. The van der Waals surface area contributed by atoms with E-state index < -0.39 is 0 Å². The number of hydrogen-bond acceptors (Lipinski definition) is 3. The predicted molar refractivity (Wildman–Crippen MR) is 244 cm³/mol. The van der Waals surface area contributed by atoms with Crippen LogP contribution in [-0.4, -0.2) is 19.6 Å². The number of phenols is 1. The minimum absolute atomic E-state index is 0.102. The molecule has 1 N–H and O–H groups in total. The molecule has 2 aromatic heterocycles. The molecule has 0 aliphatic rings. The van der Waals surface area contributed by atoms with Gasteiger partial charge >= 0.3 is 0 Å². The van der Waals surface area contributed by atoms with E-state index in [1.807, 2.05) is 24.4 Å². The lowest BCUT2D eigenvalue weighted by atomic mass is 9.83. The highest BCUT2D eigenvalue weighted by Crippen LogP contribution is 2.43. The van der Waals surface area contributed by atoms with Crippen molar-refractivity contribution < 1.29 is 5.11 Å². The first kappa shape index (κ1) is 38.6. The fourth-order valence-electron chi connectivity index (χ4n) is 7.75. The Labute approximate surface area is 343 Å². The van der Waals surface area contributed by atoms with Gasteiger partial charge in [0, 0.05) is 22.9 Å². The molecule has 0 aliphatic carbocycles. The zero-order valence-corrected chi connectivity index (χ0v) is 35.2. The molecule has 0 fully saturated rings. The van der Waals surface area contributed by atoms with E-state index in [-0.39, 0.29) is 22.0 Å². The Kier molecular flexibility index (Phi) is 9.72. The third-order valence-electron chi connectivity index (χ3n) is 11.3. The van der Waals surface area contributed by atoms with Crippen LogP contribution in [-0.2, 0) is 16.2 Å². The smallest absolute Gasteiger partial charge is 0.149 e. The molecule has 2 heterocycles. The average Bonchev–Trinajstić information content (AvgIpc) is 3.60. The normalized spacial score (nSPS) is 12.3. The van der Waals surface area contributed by atoms with Gasteiger partial charge in [0.2, 0.25) is 0 Å². The van der Waals surface area contributed by atoms with Crippen molar-refractivity contribution in [3.63, 3.8) is 0 Å². The molecule has 0 saturated carbocycles. The molecule has 58 heavy (non-hydrogen) atoms. The minimum Gasteiger partial charge on any atom is -0.507 e. The Morgan fingerprint density at radius 2 is 1.07 bits per heavy atom. The van der Waals surface area contributed by atoms with E-state index in [2.05, 4.69) is 194 Å². The molecule has 0 spiro atoms. The molecule has 0 radical (unpaired) electrons. The molecule has 0 aliphatic heterocycles. The Hall–Kier alpha value is -6.26. The van der Waals surface area contributed by atoms with E-state index in [9.17, 15) is 5.11 Å². The molecule has 0 bridgehead atoms. The van der Waals surface area contributed by atoms with Crippen LogP contribution in [0.3, 0.4) is 0 Å². The molecule has 0 saturated heterocycles. The maximum Gasteiger partial charge on any atom is 0.149 e. The van der Waals surface area contributed by atoms with Crippen LogP contribution in [0, 0.1) is 0 Å². The fraction of sp³-hybridized carbons (Fsp3) is 0.222. The Balaban J connectivity index is 1.44. The highest BCUT2D eigenvalue weighted by Gasteiger charge is 2.26. The van der Waals surface area contributed by atoms with Crippen molar-refractivity contribution in [3.05, 3.63) is 168 Å². The summed E-state index contributed by atoms with van der Waals surface area (Å²) in [5.74, 6) is 0.888. The van der Waals surface area contributed by atoms with Gasteiger partial charge in [0.15, 0.2) is 0 Å². The first-order chi connectivity index (χ1) is 27.6. The summed E-state index contributed by atoms with van der Waals surface area (Å²) in [5.41, 5.74) is 15.3. The minimum atomic E-state index is -0.137. The first-order valence-electron chi connectivity index (χ1n) is 20.3. The second-order valence-corrected chi connectivity index (χ2v) is 18.6. The van der Waals surface area contributed by atoms with E-state index >= 15 is 0 Å². The lowest BCUT2D eigenvalue weighted by Gasteiger charge is -2.24. The summed E-state index contributed by atoms with van der Waals surface area (Å²) in [4.78, 5) is 10.5. The Morgan fingerprint density at radius 1 is 0.448 bits per heavy atom. The summed E-state index contributed by atoms with van der Waals surface area (Å²) < 4.78 is 2.28. The number of nitrogens with zero attached hydrogens (tertiary/aromatic N) is 3. The summed E-state index contributed by atoms with van der Waals surface area (Å²) in [6.07, 6.45) is 1.91. The zero-order valence-electron chi connectivity index (χ0n) is 35.2. The third kappa shape index (κ3) is 7.47. The van der Waals surface area contributed by atoms with Crippen LogP contribution in [0.25, 0.3) is 72.7 Å². The second-order valence-electron chi connectivity index (χ2n) is 18.6. The largest absolute Gasteiger partial charge is 0.507 e. The van der Waals surface area contributed by atoms with Gasteiger partial charge in [0.25, 0.3) is 0 Å². The number of para-hydroxylation sites is 1. The monoisotopic (exact) mass is 759 g/mol. The van der Waals surface area contributed by atoms with Gasteiger partial charge in [-0.3, -0.25) is 9.55 Å². The van der Waals surface area contributed by atoms with Crippen molar-refractivity contribution in [2.75, 3.05) is 0 Å². The average molecular weight is 760 g/mol. The van der Waals surface area contributed by atoms with E-state index in [1.165, 1.54) is 11.1 Å². The van der Waals surface area contributed by atoms with E-state index in [0.717, 1.165) is 66.9 Å². The molecule has 4 nitrogen and oxygen atoms in total. The number of hydrogen-bond donors (Lipinski definition) is 1. The summed E-state index contributed by atoms with van der Waals surface area (Å²) in [5, 5.41) is 11.7. The van der Waals surface area contributed by atoms with Crippen LogP contribution < -0.4 is 0 Å². The molecule has 0 amide bonds. The Morgan fingerprint density at radius 3 is 1.74 bits per heavy atom. The molecular weight excluding hydrogens is 707 g/mol. The van der Waals surface area contributed by atoms with Gasteiger partial charge in [-0.05, 0) is 104 Å². The number of aromatic nitrogens is 3. The zero-order chi connectivity index (χ0) is 41.0. The van der Waals surface area contributed by atoms with Crippen LogP contribution >= 0.6 is 0 Å². The topological polar surface area (TPSA) is 50.9 Å². The highest BCUT2D eigenvalue weighted by molar-refractivity contribution is 5.98. The van der Waals surface area contributed by atoms with E-state index in [0.29, 0.717) is 11.4 Å². The number of pyridine rings is 1. The standard InChI is InChI=1S/C54H53N3O/c1-52(2,3)40-24-26-49(58)45(33-40)51-56-50-44(21-16-22-47(50)57(51)48-34-41(53(4,5)6)23-25-43(48)36-19-14-11-15-20-36)38-29-39(31-42(30-38)54(7,8)9)46-32-37(27-28-55-46)35-17-12-10-13-18-35/h10-34,58H,1-9H3. The van der Waals surface area contributed by atoms with Gasteiger partial charge in [0.1, 0.15) is 11.6 Å². The number of rotatable bonds is 6. The van der Waals surface area contributed by atoms with Crippen molar-refractivity contribution in [2.45, 2.75) is 78.6 Å². The molecule has 290 valence electrons. The Bertz CT molecular complexity index is 2770. The van der Waals surface area contributed by atoms with Gasteiger partial charge < -0.3 is 5.11 Å². The van der Waals surface area contributed by atoms with Crippen LogP contribution in [0.1, 0.15) is 79.0 Å². The van der Waals surface area contributed by atoms with Crippen LogP contribution in [0.4, 0.5) is 0 Å². The lowest BCUT2D eigenvalue weighted by Crippen LogP contribution is -2.13. The number of fused-ring (bicyclic) bond motifs is 1. The quantitative estimate of drug-likeness (QED) is 0.184. The van der Waals surface area contributed by atoms with Crippen molar-refractivity contribution >= 4 is 11.0 Å². The molecule has 8 aromatic rings. The van der Waals surface area contributed by atoms with Gasteiger partial charge in [-0.1, -0.05) is 159 Å². The summed E-state index contributed by atoms with van der Waals surface area (Å²) in [6, 6.07) is 51.4. The maximum atomic E-state index is 11.7. The highest BCUT2D eigenvalue weighted by atomic mass is 16.3. The van der Waals surface area contributed by atoms with Gasteiger partial charge in [-0.15, -0.1) is 0 Å². The number of benzene rings is 6. The molecule has 0 unspecified atom stereocenters. The number of phenolic OH excluding ortho intramolecular Hbond substituents is 1. The summed E-state index contributed by atoms with van der Waals surface area (Å²) >= 11 is 0. The predicted octanol–water partition coefficient (Wildman–Crippen LogP) is 14.4. The van der Waals surface area contributed by atoms with Crippen LogP contribution in [0.2, 0.25) is 0 Å². The molecule has 8 rings (SSSR count). The van der Waals surface area contributed by atoms with Gasteiger partial charge in [-0.2, -0.15) is 0 Å². The third-order valence-corrected chi connectivity index (χ3v) is 11.3. The SMILES string of the molecule is CC(C)(C)c1cc(-c2cc(-c3ccccc3)ccn2)cc(-c2cccc3c2nc(-c2cc(C(C)(C)C)ccc2O)n3-c2cc(C(C)(C)C)ccc2-c2ccccc2)c1. The van der Waals surface area contributed by atoms with Crippen molar-refractivity contribution in [1.82, 2.24) is 14.5 Å². The fourth-order valence-corrected chi connectivity index (χ4v) is 7.75. The molecular formula is C54H53N3O. The van der Waals surface area contributed by atoms with E-state index in [4.69, 9.17) is 9.97 Å². The van der Waals surface area contributed by atoms with Crippen molar-refractivity contribution in [3.8, 4) is 67.5 Å².